The number of nitrogens with zero attached hydrogens (tertiary/aromatic N) is 2. The van der Waals surface area contributed by atoms with Crippen molar-refractivity contribution >= 4 is 12.0 Å². The third kappa shape index (κ3) is 4.26. The normalized spacial score (nSPS) is 21.8. The minimum Gasteiger partial charge on any atom is -0.395 e. The van der Waals surface area contributed by atoms with Crippen LogP contribution in [0.5, 0.6) is 0 Å². The zero-order valence-electron chi connectivity index (χ0n) is 15.9. The number of likely N-dealkylation sites (N-methyl/N-ethyl adjacent to an activating group) is 1. The molecule has 1 amide bonds. The predicted octanol–water partition coefficient (Wildman–Crippen LogP) is 2.69. The first-order valence-corrected chi connectivity index (χ1v) is 9.47. The number of aromatic nitrogens is 1. The Morgan fingerprint density at radius 3 is 2.59 bits per heavy atom. The number of aliphatic hydroxyl groups is 1. The number of allylic oxidation sites excluding steroid dienone is 1. The Labute approximate surface area is 160 Å². The molecule has 0 aliphatic carbocycles. The lowest BCUT2D eigenvalue weighted by Crippen LogP contribution is -2.65. The van der Waals surface area contributed by atoms with E-state index in [2.05, 4.69) is 40.6 Å². The zero-order chi connectivity index (χ0) is 19.2. The molecule has 0 bridgehead atoms. The highest BCUT2D eigenvalue weighted by atomic mass is 16.3. The standard InChI is InChI=1S/C22H27N3O2/c1-3-7-16-9-11-17(12-10-16)21-19(24-20(21)15-26)14-25(4-2)22(27)18-8-5-6-13-23-18/h3,5-13,19-21,24,26H,4,14-15H2,1-2H3/b7-3+/t19-,20-,21-/m1/s1. The largest absolute Gasteiger partial charge is 0.395 e. The van der Waals surface area contributed by atoms with Crippen LogP contribution in [0.15, 0.2) is 54.7 Å². The van der Waals surface area contributed by atoms with Crippen molar-refractivity contribution < 1.29 is 9.90 Å². The summed E-state index contributed by atoms with van der Waals surface area (Å²) in [5, 5.41) is 13.1. The van der Waals surface area contributed by atoms with Crippen LogP contribution in [0.2, 0.25) is 0 Å². The van der Waals surface area contributed by atoms with Crippen molar-refractivity contribution in [3.8, 4) is 0 Å². The highest BCUT2D eigenvalue weighted by Crippen LogP contribution is 2.33. The number of aliphatic hydroxyl groups excluding tert-OH is 1. The van der Waals surface area contributed by atoms with Gasteiger partial charge in [0.2, 0.25) is 0 Å². The molecule has 0 saturated carbocycles. The second-order valence-electron chi connectivity index (χ2n) is 6.81. The number of benzene rings is 1. The van der Waals surface area contributed by atoms with E-state index in [1.54, 1.807) is 18.3 Å². The average Bonchev–Trinajstić information content (AvgIpc) is 2.69. The van der Waals surface area contributed by atoms with Crippen LogP contribution < -0.4 is 5.32 Å². The summed E-state index contributed by atoms with van der Waals surface area (Å²) in [6.45, 7) is 5.26. The lowest BCUT2D eigenvalue weighted by molar-refractivity contribution is 0.0636. The molecule has 5 nitrogen and oxygen atoms in total. The third-order valence-electron chi connectivity index (χ3n) is 5.14. The van der Waals surface area contributed by atoms with E-state index in [0.717, 1.165) is 5.56 Å². The van der Waals surface area contributed by atoms with Crippen LogP contribution in [-0.4, -0.2) is 52.7 Å². The molecule has 2 heterocycles. The van der Waals surface area contributed by atoms with Crippen molar-refractivity contribution in [3.05, 3.63) is 71.6 Å². The molecule has 1 saturated heterocycles. The highest BCUT2D eigenvalue weighted by molar-refractivity contribution is 5.92. The number of hydrogen-bond acceptors (Lipinski definition) is 4. The zero-order valence-corrected chi connectivity index (χ0v) is 15.9. The van der Waals surface area contributed by atoms with Crippen molar-refractivity contribution in [2.24, 2.45) is 0 Å². The fourth-order valence-electron chi connectivity index (χ4n) is 3.71. The van der Waals surface area contributed by atoms with Gasteiger partial charge in [0.05, 0.1) is 6.61 Å². The molecule has 1 aromatic heterocycles. The van der Waals surface area contributed by atoms with Gasteiger partial charge in [0, 0.05) is 37.3 Å². The molecule has 1 aromatic carbocycles. The van der Waals surface area contributed by atoms with Gasteiger partial charge in [0.15, 0.2) is 0 Å². The quantitative estimate of drug-likeness (QED) is 0.792. The van der Waals surface area contributed by atoms with E-state index in [-0.39, 0.29) is 30.5 Å². The number of amides is 1. The van der Waals surface area contributed by atoms with E-state index in [1.807, 2.05) is 30.9 Å². The minimum absolute atomic E-state index is 0.0197. The van der Waals surface area contributed by atoms with Gasteiger partial charge >= 0.3 is 0 Å². The van der Waals surface area contributed by atoms with Crippen molar-refractivity contribution in [2.45, 2.75) is 31.8 Å². The van der Waals surface area contributed by atoms with Gasteiger partial charge in [-0.2, -0.15) is 0 Å². The monoisotopic (exact) mass is 365 g/mol. The predicted molar refractivity (Wildman–Crippen MR) is 108 cm³/mol. The molecule has 5 heteroatoms. The average molecular weight is 365 g/mol. The Morgan fingerprint density at radius 1 is 1.22 bits per heavy atom. The van der Waals surface area contributed by atoms with E-state index in [1.165, 1.54) is 5.56 Å². The van der Waals surface area contributed by atoms with Gasteiger partial charge in [-0.15, -0.1) is 0 Å². The number of pyridine rings is 1. The summed E-state index contributed by atoms with van der Waals surface area (Å²) in [5.74, 6) is 0.120. The molecule has 27 heavy (non-hydrogen) atoms. The maximum atomic E-state index is 12.7. The van der Waals surface area contributed by atoms with E-state index < -0.39 is 0 Å². The molecular formula is C22H27N3O2. The Kier molecular flexibility index (Phi) is 6.37. The third-order valence-corrected chi connectivity index (χ3v) is 5.14. The van der Waals surface area contributed by atoms with Gasteiger partial charge in [-0.05, 0) is 37.1 Å². The lowest BCUT2D eigenvalue weighted by Gasteiger charge is -2.47. The molecule has 0 unspecified atom stereocenters. The Bertz CT molecular complexity index is 774. The smallest absolute Gasteiger partial charge is 0.272 e. The summed E-state index contributed by atoms with van der Waals surface area (Å²) >= 11 is 0. The highest BCUT2D eigenvalue weighted by Gasteiger charge is 2.42. The molecule has 3 atom stereocenters. The molecule has 2 aromatic rings. The Hall–Kier alpha value is -2.50. The van der Waals surface area contributed by atoms with Crippen LogP contribution in [0.4, 0.5) is 0 Å². The van der Waals surface area contributed by atoms with E-state index in [4.69, 9.17) is 0 Å². The Morgan fingerprint density at radius 2 is 2.00 bits per heavy atom. The summed E-state index contributed by atoms with van der Waals surface area (Å²) in [4.78, 5) is 18.7. The van der Waals surface area contributed by atoms with E-state index >= 15 is 0 Å². The fraction of sp³-hybridized carbons (Fsp3) is 0.364. The molecule has 1 fully saturated rings. The maximum absolute atomic E-state index is 12.7. The van der Waals surface area contributed by atoms with Gasteiger partial charge in [0.25, 0.3) is 5.91 Å². The Balaban J connectivity index is 1.73. The van der Waals surface area contributed by atoms with Crippen LogP contribution in [0.1, 0.15) is 41.4 Å². The minimum atomic E-state index is -0.0606. The molecule has 0 radical (unpaired) electrons. The van der Waals surface area contributed by atoms with Gasteiger partial charge in [-0.3, -0.25) is 9.78 Å². The molecule has 0 spiro atoms. The van der Waals surface area contributed by atoms with Gasteiger partial charge in [-0.1, -0.05) is 42.5 Å². The van der Waals surface area contributed by atoms with Crippen molar-refractivity contribution in [2.75, 3.05) is 19.7 Å². The number of carbonyl (C=O) groups excluding carboxylic acids is 1. The molecule has 1 aliphatic rings. The van der Waals surface area contributed by atoms with E-state index in [0.29, 0.717) is 18.8 Å². The molecule has 3 rings (SSSR count). The summed E-state index contributed by atoms with van der Waals surface area (Å²) in [7, 11) is 0. The maximum Gasteiger partial charge on any atom is 0.272 e. The topological polar surface area (TPSA) is 65.5 Å². The summed E-state index contributed by atoms with van der Waals surface area (Å²) in [5.41, 5.74) is 2.81. The van der Waals surface area contributed by atoms with Crippen LogP contribution in [0, 0.1) is 0 Å². The van der Waals surface area contributed by atoms with Crippen molar-refractivity contribution in [3.63, 3.8) is 0 Å². The first-order valence-electron chi connectivity index (χ1n) is 9.47. The number of rotatable bonds is 7. The molecular weight excluding hydrogens is 338 g/mol. The summed E-state index contributed by atoms with van der Waals surface area (Å²) in [6, 6.07) is 13.9. The van der Waals surface area contributed by atoms with E-state index in [9.17, 15) is 9.90 Å². The summed E-state index contributed by atoms with van der Waals surface area (Å²) < 4.78 is 0. The van der Waals surface area contributed by atoms with Crippen LogP contribution in [0.25, 0.3) is 6.08 Å². The fourth-order valence-corrected chi connectivity index (χ4v) is 3.71. The van der Waals surface area contributed by atoms with Gasteiger partial charge in [0.1, 0.15) is 5.69 Å². The molecule has 2 N–H and O–H groups in total. The first kappa shape index (κ1) is 19.3. The van der Waals surface area contributed by atoms with Gasteiger partial charge in [-0.25, -0.2) is 0 Å². The number of hydrogen-bond donors (Lipinski definition) is 2. The van der Waals surface area contributed by atoms with Gasteiger partial charge < -0.3 is 15.3 Å². The van der Waals surface area contributed by atoms with Crippen LogP contribution >= 0.6 is 0 Å². The lowest BCUT2D eigenvalue weighted by atomic mass is 9.77. The molecule has 1 aliphatic heterocycles. The molecule has 142 valence electrons. The second kappa shape index (κ2) is 8.93. The van der Waals surface area contributed by atoms with Crippen LogP contribution in [0.3, 0.4) is 0 Å². The first-order chi connectivity index (χ1) is 13.2. The number of carbonyl (C=O) groups is 1. The van der Waals surface area contributed by atoms with Crippen LogP contribution in [-0.2, 0) is 0 Å². The van der Waals surface area contributed by atoms with Crippen molar-refractivity contribution in [1.29, 1.82) is 0 Å². The SMILES string of the molecule is C/C=C/c1ccc([C@H]2[C@@H](CO)N[C@@H]2CN(CC)C(=O)c2ccccn2)cc1. The van der Waals surface area contributed by atoms with Crippen molar-refractivity contribution in [1.82, 2.24) is 15.2 Å². The summed E-state index contributed by atoms with van der Waals surface area (Å²) in [6.07, 6.45) is 5.72. The second-order valence-corrected chi connectivity index (χ2v) is 6.81. The number of nitrogens with one attached hydrogen (secondary N) is 1.